The molecule has 1 fully saturated rings. The minimum Gasteiger partial charge on any atom is -0.325 e. The standard InChI is InChI=1S/C25H42ClN5O4S/c1-3-4-5-6-7-8-9-10-11-12-15-36(34,35)20(2)25(33)29-21-13-14-22(26)23(16-21)30-24(32)17-31-19-27-18-28-31/h13-14,16,20,27-28H,3-12,15,17-19H2,1-2H3,(H,29,33)(H,30,32)/t20-/m1/s1. The molecule has 0 unspecified atom stereocenters. The highest BCUT2D eigenvalue weighted by Crippen LogP contribution is 2.26. The first-order valence-electron chi connectivity index (χ1n) is 13.0. The predicted molar refractivity (Wildman–Crippen MR) is 147 cm³/mol. The second-order valence-electron chi connectivity index (χ2n) is 9.36. The lowest BCUT2D eigenvalue weighted by Crippen LogP contribution is -2.38. The van der Waals surface area contributed by atoms with Gasteiger partial charge in [0.1, 0.15) is 5.25 Å². The number of unbranched alkanes of at least 4 members (excludes halogenated alkanes) is 9. The molecule has 1 atom stereocenters. The highest BCUT2D eigenvalue weighted by molar-refractivity contribution is 7.92. The fourth-order valence-corrected chi connectivity index (χ4v) is 5.47. The van der Waals surface area contributed by atoms with E-state index in [2.05, 4.69) is 28.3 Å². The summed E-state index contributed by atoms with van der Waals surface area (Å²) in [6.45, 7) is 4.88. The highest BCUT2D eigenvalue weighted by Gasteiger charge is 2.27. The largest absolute Gasteiger partial charge is 0.325 e. The van der Waals surface area contributed by atoms with Gasteiger partial charge < -0.3 is 10.6 Å². The summed E-state index contributed by atoms with van der Waals surface area (Å²) >= 11 is 6.19. The second kappa shape index (κ2) is 16.2. The third-order valence-electron chi connectivity index (χ3n) is 6.26. The molecule has 2 rings (SSSR count). The number of rotatable bonds is 17. The Hall–Kier alpha value is -1.72. The summed E-state index contributed by atoms with van der Waals surface area (Å²) in [5.74, 6) is -0.877. The summed E-state index contributed by atoms with van der Waals surface area (Å²) in [6, 6.07) is 4.64. The maximum Gasteiger partial charge on any atom is 0.242 e. The number of carbonyl (C=O) groups is 2. The van der Waals surface area contributed by atoms with Crippen LogP contribution in [-0.4, -0.2) is 56.1 Å². The van der Waals surface area contributed by atoms with Crippen LogP contribution in [0.15, 0.2) is 18.2 Å². The molecule has 0 aliphatic carbocycles. The lowest BCUT2D eigenvalue weighted by Gasteiger charge is -2.16. The van der Waals surface area contributed by atoms with Gasteiger partial charge in [0.2, 0.25) is 11.8 Å². The second-order valence-corrected chi connectivity index (χ2v) is 12.2. The molecule has 1 aliphatic heterocycles. The first-order valence-corrected chi connectivity index (χ1v) is 15.1. The van der Waals surface area contributed by atoms with E-state index in [4.69, 9.17) is 11.6 Å². The molecule has 4 N–H and O–H groups in total. The van der Waals surface area contributed by atoms with E-state index in [-0.39, 0.29) is 18.2 Å². The maximum absolute atomic E-state index is 12.7. The molecule has 1 saturated heterocycles. The van der Waals surface area contributed by atoms with Gasteiger partial charge in [-0.2, -0.15) is 0 Å². The van der Waals surface area contributed by atoms with E-state index < -0.39 is 21.0 Å². The van der Waals surface area contributed by atoms with Crippen LogP contribution in [0, 0.1) is 0 Å². The molecule has 1 aliphatic rings. The van der Waals surface area contributed by atoms with Gasteiger partial charge in [0.15, 0.2) is 9.84 Å². The number of sulfone groups is 1. The van der Waals surface area contributed by atoms with E-state index in [1.54, 1.807) is 17.1 Å². The third-order valence-corrected chi connectivity index (χ3v) is 8.74. The quantitative estimate of drug-likeness (QED) is 0.217. The molecule has 0 spiro atoms. The Balaban J connectivity index is 1.75. The first kappa shape index (κ1) is 30.5. The number of amides is 2. The van der Waals surface area contributed by atoms with Gasteiger partial charge >= 0.3 is 0 Å². The van der Waals surface area contributed by atoms with Gasteiger partial charge in [-0.3, -0.25) is 14.9 Å². The molecule has 9 nitrogen and oxygen atoms in total. The summed E-state index contributed by atoms with van der Waals surface area (Å²) in [7, 11) is -3.56. The molecule has 0 aromatic heterocycles. The molecule has 2 amide bonds. The van der Waals surface area contributed by atoms with Crippen LogP contribution in [0.5, 0.6) is 0 Å². The average Bonchev–Trinajstić information content (AvgIpc) is 3.34. The zero-order valence-corrected chi connectivity index (χ0v) is 23.1. The fraction of sp³-hybridized carbons (Fsp3) is 0.680. The van der Waals surface area contributed by atoms with Crippen LogP contribution in [0.4, 0.5) is 11.4 Å². The molecule has 36 heavy (non-hydrogen) atoms. The molecule has 0 bridgehead atoms. The van der Waals surface area contributed by atoms with Gasteiger partial charge in [-0.25, -0.2) is 18.9 Å². The smallest absolute Gasteiger partial charge is 0.242 e. The zero-order chi connectivity index (χ0) is 26.4. The van der Waals surface area contributed by atoms with E-state index in [1.807, 2.05) is 0 Å². The Bertz CT molecular complexity index is 938. The Morgan fingerprint density at radius 1 is 1.03 bits per heavy atom. The van der Waals surface area contributed by atoms with Crippen LogP contribution in [0.2, 0.25) is 5.02 Å². The summed E-state index contributed by atoms with van der Waals surface area (Å²) < 4.78 is 25.3. The molecule has 11 heteroatoms. The zero-order valence-electron chi connectivity index (χ0n) is 21.6. The average molecular weight is 544 g/mol. The van der Waals surface area contributed by atoms with Crippen LogP contribution in [0.3, 0.4) is 0 Å². The van der Waals surface area contributed by atoms with E-state index in [0.717, 1.165) is 19.3 Å². The topological polar surface area (TPSA) is 120 Å². The Kier molecular flexibility index (Phi) is 13.7. The lowest BCUT2D eigenvalue weighted by atomic mass is 10.1. The Morgan fingerprint density at radius 2 is 1.67 bits per heavy atom. The van der Waals surface area contributed by atoms with Crippen molar-refractivity contribution >= 4 is 44.6 Å². The molecule has 1 heterocycles. The maximum atomic E-state index is 12.7. The van der Waals surface area contributed by atoms with E-state index in [1.165, 1.54) is 51.5 Å². The molecule has 1 aromatic rings. The monoisotopic (exact) mass is 543 g/mol. The van der Waals surface area contributed by atoms with Gasteiger partial charge in [0, 0.05) is 5.69 Å². The van der Waals surface area contributed by atoms with E-state index >= 15 is 0 Å². The molecule has 0 radical (unpaired) electrons. The van der Waals surface area contributed by atoms with Gasteiger partial charge in [-0.15, -0.1) is 0 Å². The van der Waals surface area contributed by atoms with E-state index in [9.17, 15) is 18.0 Å². The fourth-order valence-electron chi connectivity index (χ4n) is 3.96. The predicted octanol–water partition coefficient (Wildman–Crippen LogP) is 4.27. The van der Waals surface area contributed by atoms with Gasteiger partial charge in [-0.05, 0) is 31.5 Å². The minimum atomic E-state index is -3.56. The molecular formula is C25H42ClN5O4S. The summed E-state index contributed by atoms with van der Waals surface area (Å²) in [6.07, 6.45) is 11.1. The summed E-state index contributed by atoms with van der Waals surface area (Å²) in [5.41, 5.74) is 3.70. The van der Waals surface area contributed by atoms with Crippen molar-refractivity contribution in [2.24, 2.45) is 0 Å². The van der Waals surface area contributed by atoms with Crippen LogP contribution in [-0.2, 0) is 19.4 Å². The number of hydrogen-bond acceptors (Lipinski definition) is 7. The number of carbonyl (C=O) groups excluding carboxylic acids is 2. The van der Waals surface area contributed by atoms with Crippen molar-refractivity contribution in [2.75, 3.05) is 36.3 Å². The van der Waals surface area contributed by atoms with Crippen LogP contribution >= 0.6 is 11.6 Å². The number of halogens is 1. The number of hydrogen-bond donors (Lipinski definition) is 4. The number of anilines is 2. The van der Waals surface area contributed by atoms with Crippen LogP contribution in [0.25, 0.3) is 0 Å². The molecule has 204 valence electrons. The van der Waals surface area contributed by atoms with Crippen molar-refractivity contribution in [2.45, 2.75) is 83.3 Å². The van der Waals surface area contributed by atoms with Crippen molar-refractivity contribution in [1.82, 2.24) is 15.8 Å². The summed E-state index contributed by atoms with van der Waals surface area (Å²) in [5, 5.41) is 9.28. The number of benzene rings is 1. The van der Waals surface area contributed by atoms with E-state index in [0.29, 0.717) is 36.2 Å². The number of nitrogens with zero attached hydrogens (tertiary/aromatic N) is 1. The Labute approximate surface area is 221 Å². The van der Waals surface area contributed by atoms with Gasteiger partial charge in [-0.1, -0.05) is 76.3 Å². The van der Waals surface area contributed by atoms with Crippen LogP contribution < -0.4 is 21.4 Å². The third kappa shape index (κ3) is 11.1. The van der Waals surface area contributed by atoms with Crippen LogP contribution in [0.1, 0.15) is 78.1 Å². The van der Waals surface area contributed by atoms with Crippen molar-refractivity contribution in [3.63, 3.8) is 0 Å². The van der Waals surface area contributed by atoms with Crippen molar-refractivity contribution in [3.8, 4) is 0 Å². The number of nitrogens with one attached hydrogen (secondary N) is 4. The summed E-state index contributed by atoms with van der Waals surface area (Å²) in [4.78, 5) is 24.9. The SMILES string of the molecule is CCCCCCCCCCCCS(=O)(=O)[C@H](C)C(=O)Nc1ccc(Cl)c(NC(=O)CN2CNCN2)c1. The normalized spacial score (nSPS) is 15.1. The first-order chi connectivity index (χ1) is 17.2. The van der Waals surface area contributed by atoms with Crippen molar-refractivity contribution in [1.29, 1.82) is 0 Å². The molecule has 1 aromatic carbocycles. The van der Waals surface area contributed by atoms with Gasteiger partial charge in [0.25, 0.3) is 0 Å². The molecule has 0 saturated carbocycles. The van der Waals surface area contributed by atoms with Gasteiger partial charge in [0.05, 0.1) is 36.3 Å². The number of hydrazine groups is 1. The lowest BCUT2D eigenvalue weighted by molar-refractivity contribution is -0.117. The Morgan fingerprint density at radius 3 is 2.28 bits per heavy atom. The highest BCUT2D eigenvalue weighted by atomic mass is 35.5. The van der Waals surface area contributed by atoms with Crippen molar-refractivity contribution < 1.29 is 18.0 Å². The molecular weight excluding hydrogens is 502 g/mol. The minimum absolute atomic E-state index is 0.000591. The van der Waals surface area contributed by atoms with Crippen molar-refractivity contribution in [3.05, 3.63) is 23.2 Å².